The molecule has 4 atom stereocenters. The van der Waals surface area contributed by atoms with Crippen molar-refractivity contribution in [1.82, 2.24) is 5.32 Å². The molecule has 11 heteroatoms. The standard InChI is InChI=1S/C26H24Cl2N2O6S/c1-16(25(31)18-7-9-19(27)10-8-18)29-26(32)21-12-11-20(28)14-22(21)30(37(33)34)23-15-35-24(36-23)13-17-5-3-2-4-6-17/h2-12,14-16,24-25,31H,13H2,1H3,(H,29,32)(H,33,34)/p-1. The topological polar surface area (TPSA) is 111 Å². The lowest BCUT2D eigenvalue weighted by Gasteiger charge is -2.28. The van der Waals surface area contributed by atoms with Gasteiger partial charge in [-0.05, 0) is 48.4 Å². The van der Waals surface area contributed by atoms with Crippen LogP contribution in [-0.2, 0) is 27.2 Å². The SMILES string of the molecule is CC(NC(=O)c1ccc(Cl)cc1N(C1=COC(Cc2ccccc2)O1)S(=O)[O-])C(O)c1ccc(Cl)cc1. The van der Waals surface area contributed by atoms with Gasteiger partial charge in [-0.15, -0.1) is 0 Å². The molecule has 8 nitrogen and oxygen atoms in total. The van der Waals surface area contributed by atoms with Crippen LogP contribution in [0.25, 0.3) is 0 Å². The van der Waals surface area contributed by atoms with Crippen LogP contribution in [0.2, 0.25) is 10.0 Å². The van der Waals surface area contributed by atoms with Crippen molar-refractivity contribution in [3.8, 4) is 0 Å². The molecule has 0 saturated heterocycles. The van der Waals surface area contributed by atoms with Crippen molar-refractivity contribution in [1.29, 1.82) is 0 Å². The van der Waals surface area contributed by atoms with E-state index in [4.69, 9.17) is 32.7 Å². The van der Waals surface area contributed by atoms with Gasteiger partial charge in [0.15, 0.2) is 0 Å². The number of hydrogen-bond acceptors (Lipinski definition) is 6. The first-order chi connectivity index (χ1) is 17.7. The Morgan fingerprint density at radius 1 is 1.11 bits per heavy atom. The summed E-state index contributed by atoms with van der Waals surface area (Å²) >= 11 is 9.18. The summed E-state index contributed by atoms with van der Waals surface area (Å²) < 4.78 is 36.7. The largest absolute Gasteiger partial charge is 0.755 e. The summed E-state index contributed by atoms with van der Waals surface area (Å²) in [5, 5.41) is 14.1. The Balaban J connectivity index is 1.54. The van der Waals surface area contributed by atoms with E-state index in [9.17, 15) is 18.7 Å². The van der Waals surface area contributed by atoms with Crippen LogP contribution < -0.4 is 9.62 Å². The Morgan fingerprint density at radius 2 is 1.78 bits per heavy atom. The number of nitrogens with zero attached hydrogens (tertiary/aromatic N) is 1. The third-order valence-electron chi connectivity index (χ3n) is 5.63. The number of aliphatic hydroxyl groups is 1. The highest BCUT2D eigenvalue weighted by molar-refractivity contribution is 7.80. The number of amides is 1. The molecule has 0 fully saturated rings. The molecule has 1 aliphatic rings. The van der Waals surface area contributed by atoms with Gasteiger partial charge in [0.25, 0.3) is 5.91 Å². The van der Waals surface area contributed by atoms with Gasteiger partial charge in [-0.3, -0.25) is 9.00 Å². The molecule has 0 aromatic heterocycles. The summed E-state index contributed by atoms with van der Waals surface area (Å²) in [5.41, 5.74) is 1.46. The van der Waals surface area contributed by atoms with E-state index in [1.54, 1.807) is 31.2 Å². The molecule has 0 radical (unpaired) electrons. The van der Waals surface area contributed by atoms with E-state index >= 15 is 0 Å². The molecule has 37 heavy (non-hydrogen) atoms. The third-order valence-corrected chi connectivity index (χ3v) is 6.80. The van der Waals surface area contributed by atoms with Gasteiger partial charge in [-0.2, -0.15) is 0 Å². The van der Waals surface area contributed by atoms with E-state index in [0.29, 0.717) is 17.0 Å². The fourth-order valence-electron chi connectivity index (χ4n) is 3.77. The van der Waals surface area contributed by atoms with E-state index in [1.807, 2.05) is 30.3 Å². The van der Waals surface area contributed by atoms with Crippen LogP contribution in [0.1, 0.15) is 34.5 Å². The average molecular weight is 562 g/mol. The van der Waals surface area contributed by atoms with Gasteiger partial charge in [0, 0.05) is 16.5 Å². The number of nitrogens with one attached hydrogen (secondary N) is 1. The van der Waals surface area contributed by atoms with E-state index in [0.717, 1.165) is 9.87 Å². The zero-order valence-electron chi connectivity index (χ0n) is 19.5. The van der Waals surface area contributed by atoms with Gasteiger partial charge in [-0.1, -0.05) is 65.7 Å². The van der Waals surface area contributed by atoms with Crippen LogP contribution >= 0.6 is 23.2 Å². The number of benzene rings is 3. The van der Waals surface area contributed by atoms with Crippen LogP contribution in [0.4, 0.5) is 5.69 Å². The molecular formula is C26H23Cl2N2O6S-. The van der Waals surface area contributed by atoms with Crippen molar-refractivity contribution >= 4 is 46.1 Å². The number of halogens is 2. The highest BCUT2D eigenvalue weighted by atomic mass is 35.5. The Hall–Kier alpha value is -3.08. The van der Waals surface area contributed by atoms with Crippen molar-refractivity contribution in [2.24, 2.45) is 0 Å². The van der Waals surface area contributed by atoms with Gasteiger partial charge in [0.05, 0.1) is 34.7 Å². The molecule has 194 valence electrons. The molecule has 1 amide bonds. The van der Waals surface area contributed by atoms with Crippen LogP contribution in [0.5, 0.6) is 0 Å². The molecule has 1 aliphatic heterocycles. The predicted molar refractivity (Wildman–Crippen MR) is 140 cm³/mol. The van der Waals surface area contributed by atoms with E-state index in [-0.39, 0.29) is 22.2 Å². The number of carbonyl (C=O) groups is 1. The van der Waals surface area contributed by atoms with Crippen LogP contribution in [-0.4, -0.2) is 32.1 Å². The second-order valence-corrected chi connectivity index (χ2v) is 9.93. The summed E-state index contributed by atoms with van der Waals surface area (Å²) in [6.07, 6.45) is -0.230. The maximum Gasteiger partial charge on any atom is 0.253 e. The maximum atomic E-state index is 13.2. The smallest absolute Gasteiger partial charge is 0.253 e. The fraction of sp³-hybridized carbons (Fsp3) is 0.192. The van der Waals surface area contributed by atoms with Crippen LogP contribution in [0, 0.1) is 0 Å². The fourth-order valence-corrected chi connectivity index (χ4v) is 4.60. The second kappa shape index (κ2) is 12.0. The lowest BCUT2D eigenvalue weighted by Crippen LogP contribution is -2.38. The normalized spacial score (nSPS) is 17.1. The van der Waals surface area contributed by atoms with E-state index < -0.39 is 35.6 Å². The maximum absolute atomic E-state index is 13.2. The first kappa shape index (κ1) is 27.0. The van der Waals surface area contributed by atoms with Crippen molar-refractivity contribution in [2.75, 3.05) is 4.31 Å². The quantitative estimate of drug-likeness (QED) is 0.361. The van der Waals surface area contributed by atoms with Gasteiger partial charge in [-0.25, -0.2) is 4.31 Å². The Morgan fingerprint density at radius 3 is 2.46 bits per heavy atom. The summed E-state index contributed by atoms with van der Waals surface area (Å²) in [6.45, 7) is 1.63. The van der Waals surface area contributed by atoms with Crippen molar-refractivity contribution < 1.29 is 28.1 Å². The van der Waals surface area contributed by atoms with Gasteiger partial charge in [0.2, 0.25) is 12.2 Å². The Labute approximate surface area is 226 Å². The van der Waals surface area contributed by atoms with Gasteiger partial charge < -0.3 is 24.4 Å². The summed E-state index contributed by atoms with van der Waals surface area (Å²) in [6, 6.07) is 19.5. The minimum absolute atomic E-state index is 0.000217. The third kappa shape index (κ3) is 6.63. The average Bonchev–Trinajstić information content (AvgIpc) is 3.32. The number of rotatable bonds is 9. The molecule has 3 aromatic rings. The Kier molecular flexibility index (Phi) is 8.73. The highest BCUT2D eigenvalue weighted by Crippen LogP contribution is 2.32. The van der Waals surface area contributed by atoms with E-state index in [1.165, 1.54) is 24.5 Å². The number of aliphatic hydroxyl groups excluding tert-OH is 1. The number of ether oxygens (including phenoxy) is 2. The van der Waals surface area contributed by atoms with Crippen molar-refractivity contribution in [3.05, 3.63) is 112 Å². The molecule has 4 rings (SSSR count). The molecular weight excluding hydrogens is 539 g/mol. The van der Waals surface area contributed by atoms with Crippen LogP contribution in [0.3, 0.4) is 0 Å². The monoisotopic (exact) mass is 561 g/mol. The molecule has 4 unspecified atom stereocenters. The zero-order valence-corrected chi connectivity index (χ0v) is 21.9. The first-order valence-corrected chi connectivity index (χ1v) is 13.0. The van der Waals surface area contributed by atoms with E-state index in [2.05, 4.69) is 5.32 Å². The lowest BCUT2D eigenvalue weighted by molar-refractivity contribution is -0.0298. The molecule has 0 saturated carbocycles. The molecule has 0 aliphatic carbocycles. The highest BCUT2D eigenvalue weighted by Gasteiger charge is 2.30. The van der Waals surface area contributed by atoms with Gasteiger partial charge >= 0.3 is 0 Å². The summed E-state index contributed by atoms with van der Waals surface area (Å²) in [5.74, 6) is -0.747. The minimum atomic E-state index is -2.88. The molecule has 1 heterocycles. The van der Waals surface area contributed by atoms with Crippen molar-refractivity contribution in [3.63, 3.8) is 0 Å². The number of carbonyl (C=O) groups excluding carboxylic acids is 1. The van der Waals surface area contributed by atoms with Crippen LogP contribution in [0.15, 0.2) is 84.9 Å². The summed E-state index contributed by atoms with van der Waals surface area (Å²) in [4.78, 5) is 13.2. The molecule has 3 aromatic carbocycles. The van der Waals surface area contributed by atoms with Gasteiger partial charge in [0.1, 0.15) is 6.26 Å². The molecule has 0 spiro atoms. The second-order valence-electron chi connectivity index (χ2n) is 8.26. The molecule has 2 N–H and O–H groups in total. The number of hydrogen-bond donors (Lipinski definition) is 2. The lowest BCUT2D eigenvalue weighted by atomic mass is 10.0. The van der Waals surface area contributed by atoms with Crippen molar-refractivity contribution in [2.45, 2.75) is 31.8 Å². The number of anilines is 1. The zero-order chi connectivity index (χ0) is 26.5. The Bertz CT molecular complexity index is 1310. The minimum Gasteiger partial charge on any atom is -0.755 e. The molecule has 0 bridgehead atoms. The predicted octanol–water partition coefficient (Wildman–Crippen LogP) is 4.86. The summed E-state index contributed by atoms with van der Waals surface area (Å²) in [7, 11) is 0. The first-order valence-electron chi connectivity index (χ1n) is 11.2.